The average Bonchev–Trinajstić information content (AvgIpc) is 3.09. The number of aliphatic hydroxyl groups excluding tert-OH is 2. The second-order valence-corrected chi connectivity index (χ2v) is 5.58. The second kappa shape index (κ2) is 5.57. The molecule has 0 aromatic carbocycles. The maximum atomic E-state index is 10.2. The molecule has 0 amide bonds. The molecular weight excluding hydrogens is 254 g/mol. The molecule has 2 atom stereocenters. The standard InChI is InChI=1S/C12H20ClN3O2/c1-15(2)5-6-16-10(9(13)7-14-16)12(18)11(17)8-3-4-8/h7-8,11-12,17-18H,3-6H2,1-2H3. The first-order valence-corrected chi connectivity index (χ1v) is 6.60. The lowest BCUT2D eigenvalue weighted by Crippen LogP contribution is -2.26. The summed E-state index contributed by atoms with van der Waals surface area (Å²) >= 11 is 6.06. The van der Waals surface area contributed by atoms with Gasteiger partial charge in [0.15, 0.2) is 0 Å². The van der Waals surface area contributed by atoms with Crippen LogP contribution in [0, 0.1) is 5.92 Å². The minimum absolute atomic E-state index is 0.202. The van der Waals surface area contributed by atoms with Gasteiger partial charge in [-0.05, 0) is 32.9 Å². The lowest BCUT2D eigenvalue weighted by molar-refractivity contribution is -0.000282. The van der Waals surface area contributed by atoms with Gasteiger partial charge in [-0.2, -0.15) is 5.10 Å². The van der Waals surface area contributed by atoms with Crippen LogP contribution in [-0.4, -0.2) is 51.6 Å². The van der Waals surface area contributed by atoms with Gasteiger partial charge in [0.1, 0.15) is 6.10 Å². The van der Waals surface area contributed by atoms with E-state index >= 15 is 0 Å². The van der Waals surface area contributed by atoms with Gasteiger partial charge < -0.3 is 15.1 Å². The second-order valence-electron chi connectivity index (χ2n) is 5.18. The fourth-order valence-electron chi connectivity index (χ4n) is 2.00. The Morgan fingerprint density at radius 3 is 2.72 bits per heavy atom. The Morgan fingerprint density at radius 1 is 1.50 bits per heavy atom. The summed E-state index contributed by atoms with van der Waals surface area (Å²) < 4.78 is 1.68. The van der Waals surface area contributed by atoms with Gasteiger partial charge in [0.2, 0.25) is 0 Å². The number of halogens is 1. The maximum Gasteiger partial charge on any atom is 0.123 e. The summed E-state index contributed by atoms with van der Waals surface area (Å²) in [4.78, 5) is 2.03. The summed E-state index contributed by atoms with van der Waals surface area (Å²) in [6.07, 6.45) is 1.78. The molecule has 1 heterocycles. The summed E-state index contributed by atoms with van der Waals surface area (Å²) in [5.74, 6) is 0.202. The van der Waals surface area contributed by atoms with E-state index in [2.05, 4.69) is 5.10 Å². The van der Waals surface area contributed by atoms with Crippen molar-refractivity contribution >= 4 is 11.6 Å². The van der Waals surface area contributed by atoms with Crippen LogP contribution < -0.4 is 0 Å². The number of aromatic nitrogens is 2. The molecule has 1 fully saturated rings. The highest BCUT2D eigenvalue weighted by molar-refractivity contribution is 6.31. The van der Waals surface area contributed by atoms with Crippen molar-refractivity contribution in [2.45, 2.75) is 31.6 Å². The van der Waals surface area contributed by atoms with E-state index in [0.717, 1.165) is 19.4 Å². The number of aliphatic hydroxyl groups is 2. The molecule has 1 aliphatic rings. The molecular formula is C12H20ClN3O2. The molecule has 0 saturated heterocycles. The Morgan fingerprint density at radius 2 is 2.17 bits per heavy atom. The van der Waals surface area contributed by atoms with Crippen LogP contribution in [-0.2, 0) is 6.54 Å². The van der Waals surface area contributed by atoms with E-state index in [4.69, 9.17) is 11.6 Å². The molecule has 1 saturated carbocycles. The molecule has 1 aromatic rings. The smallest absolute Gasteiger partial charge is 0.123 e. The van der Waals surface area contributed by atoms with E-state index in [0.29, 0.717) is 17.3 Å². The topological polar surface area (TPSA) is 61.5 Å². The van der Waals surface area contributed by atoms with Crippen LogP contribution in [0.1, 0.15) is 24.6 Å². The normalized spacial score (nSPS) is 19.2. The molecule has 1 aromatic heterocycles. The van der Waals surface area contributed by atoms with Gasteiger partial charge in [0.25, 0.3) is 0 Å². The summed E-state index contributed by atoms with van der Waals surface area (Å²) in [6, 6.07) is 0. The monoisotopic (exact) mass is 273 g/mol. The van der Waals surface area contributed by atoms with Gasteiger partial charge in [-0.25, -0.2) is 0 Å². The first-order valence-electron chi connectivity index (χ1n) is 6.22. The number of nitrogens with zero attached hydrogens (tertiary/aromatic N) is 3. The molecule has 18 heavy (non-hydrogen) atoms. The minimum atomic E-state index is -0.949. The summed E-state index contributed by atoms with van der Waals surface area (Å²) in [5.41, 5.74) is 0.526. The van der Waals surface area contributed by atoms with Gasteiger partial charge >= 0.3 is 0 Å². The first-order chi connectivity index (χ1) is 8.50. The van der Waals surface area contributed by atoms with Crippen LogP contribution >= 0.6 is 11.6 Å². The zero-order valence-corrected chi connectivity index (χ0v) is 11.5. The van der Waals surface area contributed by atoms with Gasteiger partial charge in [-0.3, -0.25) is 4.68 Å². The molecule has 2 unspecified atom stereocenters. The van der Waals surface area contributed by atoms with Crippen molar-refractivity contribution in [1.82, 2.24) is 14.7 Å². The van der Waals surface area contributed by atoms with Gasteiger partial charge in [0.05, 0.1) is 29.6 Å². The molecule has 5 nitrogen and oxygen atoms in total. The van der Waals surface area contributed by atoms with Crippen molar-refractivity contribution < 1.29 is 10.2 Å². The van der Waals surface area contributed by atoms with Crippen LogP contribution in [0.5, 0.6) is 0 Å². The summed E-state index contributed by atoms with van der Waals surface area (Å²) in [5, 5.41) is 24.8. The predicted octanol–water partition coefficient (Wildman–Crippen LogP) is 0.902. The van der Waals surface area contributed by atoms with Crippen LogP contribution in [0.4, 0.5) is 0 Å². The summed E-state index contributed by atoms with van der Waals surface area (Å²) in [6.45, 7) is 1.45. The number of hydrogen-bond acceptors (Lipinski definition) is 4. The van der Waals surface area contributed by atoms with Crippen molar-refractivity contribution in [3.05, 3.63) is 16.9 Å². The van der Waals surface area contributed by atoms with E-state index < -0.39 is 12.2 Å². The Bertz CT molecular complexity index is 404. The Labute approximate surface area is 112 Å². The Hall–Kier alpha value is -0.620. The third kappa shape index (κ3) is 3.03. The Balaban J connectivity index is 2.11. The maximum absolute atomic E-state index is 10.2. The number of hydrogen-bond donors (Lipinski definition) is 2. The fraction of sp³-hybridized carbons (Fsp3) is 0.750. The van der Waals surface area contributed by atoms with Crippen LogP contribution in [0.3, 0.4) is 0 Å². The predicted molar refractivity (Wildman–Crippen MR) is 69.5 cm³/mol. The minimum Gasteiger partial charge on any atom is -0.390 e. The zero-order chi connectivity index (χ0) is 13.3. The molecule has 0 aliphatic heterocycles. The highest BCUT2D eigenvalue weighted by Gasteiger charge is 2.37. The molecule has 0 bridgehead atoms. The van der Waals surface area contributed by atoms with Crippen LogP contribution in [0.15, 0.2) is 6.20 Å². The quantitative estimate of drug-likeness (QED) is 0.809. The van der Waals surface area contributed by atoms with E-state index in [-0.39, 0.29) is 5.92 Å². The average molecular weight is 274 g/mol. The van der Waals surface area contributed by atoms with Gasteiger partial charge in [-0.1, -0.05) is 11.6 Å². The van der Waals surface area contributed by atoms with E-state index in [1.807, 2.05) is 19.0 Å². The molecule has 102 valence electrons. The molecule has 0 spiro atoms. The van der Waals surface area contributed by atoms with Crippen molar-refractivity contribution in [3.63, 3.8) is 0 Å². The van der Waals surface area contributed by atoms with Gasteiger partial charge in [0, 0.05) is 6.54 Å². The summed E-state index contributed by atoms with van der Waals surface area (Å²) in [7, 11) is 3.94. The molecule has 1 aliphatic carbocycles. The molecule has 2 rings (SSSR count). The van der Waals surface area contributed by atoms with Crippen molar-refractivity contribution in [3.8, 4) is 0 Å². The molecule has 6 heteroatoms. The van der Waals surface area contributed by atoms with Crippen LogP contribution in [0.2, 0.25) is 5.02 Å². The van der Waals surface area contributed by atoms with Crippen molar-refractivity contribution in [2.24, 2.45) is 5.92 Å². The first kappa shape index (κ1) is 13.8. The SMILES string of the molecule is CN(C)CCn1ncc(Cl)c1C(O)C(O)C1CC1. The lowest BCUT2D eigenvalue weighted by Gasteiger charge is -2.20. The lowest BCUT2D eigenvalue weighted by atomic mass is 10.1. The van der Waals surface area contributed by atoms with Gasteiger partial charge in [-0.15, -0.1) is 0 Å². The third-order valence-electron chi connectivity index (χ3n) is 3.30. The zero-order valence-electron chi connectivity index (χ0n) is 10.8. The number of likely N-dealkylation sites (N-methyl/N-ethyl adjacent to an activating group) is 1. The number of rotatable bonds is 6. The van der Waals surface area contributed by atoms with Crippen molar-refractivity contribution in [2.75, 3.05) is 20.6 Å². The molecule has 0 radical (unpaired) electrons. The highest BCUT2D eigenvalue weighted by atomic mass is 35.5. The molecule has 2 N–H and O–H groups in total. The van der Waals surface area contributed by atoms with E-state index in [9.17, 15) is 10.2 Å². The van der Waals surface area contributed by atoms with Crippen LogP contribution in [0.25, 0.3) is 0 Å². The van der Waals surface area contributed by atoms with E-state index in [1.165, 1.54) is 6.20 Å². The third-order valence-corrected chi connectivity index (χ3v) is 3.59. The highest BCUT2D eigenvalue weighted by Crippen LogP contribution is 2.39. The Kier molecular flexibility index (Phi) is 4.27. The van der Waals surface area contributed by atoms with Crippen molar-refractivity contribution in [1.29, 1.82) is 0 Å². The largest absolute Gasteiger partial charge is 0.390 e. The van der Waals surface area contributed by atoms with E-state index in [1.54, 1.807) is 4.68 Å². The fourth-order valence-corrected chi connectivity index (χ4v) is 2.25.